The van der Waals surface area contributed by atoms with Crippen LogP contribution in [-0.2, 0) is 13.0 Å². The second-order valence-corrected chi connectivity index (χ2v) is 6.10. The Labute approximate surface area is 134 Å². The minimum atomic E-state index is -0.232. The minimum Gasteiger partial charge on any atom is -0.455 e. The fraction of sp³-hybridized carbons (Fsp3) is 0.471. The summed E-state index contributed by atoms with van der Waals surface area (Å²) in [5.41, 5.74) is 2.92. The summed E-state index contributed by atoms with van der Waals surface area (Å²) in [4.78, 5) is 26.3. The van der Waals surface area contributed by atoms with Crippen molar-refractivity contribution in [1.82, 2.24) is 10.1 Å². The monoisotopic (exact) mass is 316 g/mol. The van der Waals surface area contributed by atoms with Crippen LogP contribution in [0.2, 0.25) is 0 Å². The van der Waals surface area contributed by atoms with Crippen molar-refractivity contribution in [3.8, 4) is 0 Å². The van der Waals surface area contributed by atoms with E-state index in [-0.39, 0.29) is 17.5 Å². The molecular formula is C17H20N2O4. The van der Waals surface area contributed by atoms with E-state index in [9.17, 15) is 9.59 Å². The van der Waals surface area contributed by atoms with Crippen LogP contribution in [-0.4, -0.2) is 28.8 Å². The number of furan rings is 1. The average molecular weight is 316 g/mol. The van der Waals surface area contributed by atoms with Gasteiger partial charge in [-0.15, -0.1) is 0 Å². The smallest absolute Gasteiger partial charge is 0.289 e. The third-order valence-electron chi connectivity index (χ3n) is 4.42. The van der Waals surface area contributed by atoms with Crippen molar-refractivity contribution in [3.05, 3.63) is 39.7 Å². The van der Waals surface area contributed by atoms with Crippen molar-refractivity contribution in [2.24, 2.45) is 0 Å². The van der Waals surface area contributed by atoms with E-state index in [1.165, 1.54) is 0 Å². The molecule has 6 heteroatoms. The Morgan fingerprint density at radius 3 is 2.61 bits per heavy atom. The quantitative estimate of drug-likeness (QED) is 0.870. The van der Waals surface area contributed by atoms with E-state index in [1.807, 2.05) is 13.8 Å². The molecule has 0 atom stereocenters. The molecule has 6 nitrogen and oxygen atoms in total. The van der Waals surface area contributed by atoms with Gasteiger partial charge < -0.3 is 13.8 Å². The summed E-state index contributed by atoms with van der Waals surface area (Å²) in [5, 5.41) is 3.90. The number of amides is 1. The van der Waals surface area contributed by atoms with Crippen LogP contribution in [0.3, 0.4) is 0 Å². The van der Waals surface area contributed by atoms with Gasteiger partial charge in [-0.1, -0.05) is 5.16 Å². The second kappa shape index (κ2) is 5.68. The fourth-order valence-electron chi connectivity index (χ4n) is 3.06. The first-order valence-corrected chi connectivity index (χ1v) is 7.72. The zero-order valence-electron chi connectivity index (χ0n) is 13.9. The molecule has 0 unspecified atom stereocenters. The highest BCUT2D eigenvalue weighted by atomic mass is 16.5. The van der Waals surface area contributed by atoms with E-state index in [4.69, 9.17) is 8.94 Å². The molecule has 0 saturated carbocycles. The predicted molar refractivity (Wildman–Crippen MR) is 82.5 cm³/mol. The summed E-state index contributed by atoms with van der Waals surface area (Å²) in [6, 6.07) is 0. The summed E-state index contributed by atoms with van der Waals surface area (Å²) in [6.45, 7) is 5.84. The molecule has 1 amide bonds. The summed E-state index contributed by atoms with van der Waals surface area (Å²) in [6.07, 6.45) is 2.01. The van der Waals surface area contributed by atoms with Crippen molar-refractivity contribution in [2.45, 2.75) is 46.6 Å². The molecule has 0 aromatic carbocycles. The molecule has 122 valence electrons. The molecular weight excluding hydrogens is 296 g/mol. The third-order valence-corrected chi connectivity index (χ3v) is 4.42. The molecule has 3 rings (SSSR count). The maximum atomic E-state index is 12.7. The van der Waals surface area contributed by atoms with Crippen LogP contribution in [0, 0.1) is 20.8 Å². The average Bonchev–Trinajstić information content (AvgIpc) is 3.02. The first-order valence-electron chi connectivity index (χ1n) is 7.72. The lowest BCUT2D eigenvalue weighted by molar-refractivity contribution is 0.0749. The van der Waals surface area contributed by atoms with Crippen LogP contribution in [0.15, 0.2) is 8.94 Å². The molecule has 2 aromatic heterocycles. The van der Waals surface area contributed by atoms with Crippen LogP contribution in [0.5, 0.6) is 0 Å². The Kier molecular flexibility index (Phi) is 3.83. The number of hydrogen-bond acceptors (Lipinski definition) is 5. The molecule has 2 aromatic rings. The molecule has 1 aliphatic rings. The van der Waals surface area contributed by atoms with Crippen molar-refractivity contribution < 1.29 is 18.5 Å². The van der Waals surface area contributed by atoms with Gasteiger partial charge in [0.2, 0.25) is 0 Å². The molecule has 0 spiro atoms. The normalized spacial score (nSPS) is 14.0. The molecule has 23 heavy (non-hydrogen) atoms. The Bertz CT molecular complexity index is 765. The van der Waals surface area contributed by atoms with Gasteiger partial charge in [0.1, 0.15) is 11.5 Å². The van der Waals surface area contributed by atoms with Gasteiger partial charge in [0.05, 0.1) is 17.8 Å². The number of Topliss-reactive ketones (excluding diaryl/α,β-unsaturated/α-hetero) is 1. The zero-order chi connectivity index (χ0) is 16.7. The maximum Gasteiger partial charge on any atom is 0.289 e. The number of rotatable bonds is 3. The summed E-state index contributed by atoms with van der Waals surface area (Å²) in [5.74, 6) is 1.45. The Morgan fingerprint density at radius 1 is 1.26 bits per heavy atom. The van der Waals surface area contributed by atoms with E-state index in [2.05, 4.69) is 5.16 Å². The SMILES string of the molecule is Cc1noc(C)c1CN(C)C(=O)c1oc2c(c1C)C(=O)CCC2. The Balaban J connectivity index is 1.87. The van der Waals surface area contributed by atoms with Gasteiger partial charge >= 0.3 is 0 Å². The molecule has 0 radical (unpaired) electrons. The first kappa shape index (κ1) is 15.5. The summed E-state index contributed by atoms with van der Waals surface area (Å²) >= 11 is 0. The molecule has 1 aliphatic carbocycles. The van der Waals surface area contributed by atoms with Gasteiger partial charge in [-0.2, -0.15) is 0 Å². The standard InChI is InChI=1S/C17H20N2O4/c1-9-15-13(20)6-5-7-14(15)22-16(9)17(21)19(4)8-12-10(2)18-23-11(12)3/h5-8H2,1-4H3. The van der Waals surface area contributed by atoms with E-state index in [0.717, 1.165) is 17.7 Å². The maximum absolute atomic E-state index is 12.7. The lowest BCUT2D eigenvalue weighted by atomic mass is 9.94. The molecule has 0 N–H and O–H groups in total. The van der Waals surface area contributed by atoms with E-state index >= 15 is 0 Å². The number of aromatic nitrogens is 1. The van der Waals surface area contributed by atoms with Crippen molar-refractivity contribution >= 4 is 11.7 Å². The number of hydrogen-bond donors (Lipinski definition) is 0. The molecule has 0 saturated heterocycles. The molecule has 2 heterocycles. The number of carbonyl (C=O) groups excluding carboxylic acids is 2. The topological polar surface area (TPSA) is 76.6 Å². The van der Waals surface area contributed by atoms with Crippen molar-refractivity contribution in [2.75, 3.05) is 7.05 Å². The van der Waals surface area contributed by atoms with Crippen molar-refractivity contribution in [1.29, 1.82) is 0 Å². The molecule has 0 fully saturated rings. The zero-order valence-corrected chi connectivity index (χ0v) is 13.9. The lowest BCUT2D eigenvalue weighted by Crippen LogP contribution is -2.27. The van der Waals surface area contributed by atoms with E-state index in [0.29, 0.717) is 42.0 Å². The lowest BCUT2D eigenvalue weighted by Gasteiger charge is -2.16. The third kappa shape index (κ3) is 2.58. The van der Waals surface area contributed by atoms with Gasteiger partial charge in [-0.25, -0.2) is 0 Å². The number of carbonyl (C=O) groups is 2. The summed E-state index contributed by atoms with van der Waals surface area (Å²) < 4.78 is 10.8. The van der Waals surface area contributed by atoms with Gasteiger partial charge in [-0.3, -0.25) is 9.59 Å². The van der Waals surface area contributed by atoms with Crippen molar-refractivity contribution in [3.63, 3.8) is 0 Å². The second-order valence-electron chi connectivity index (χ2n) is 6.10. The van der Waals surface area contributed by atoms with Crippen LogP contribution in [0.25, 0.3) is 0 Å². The van der Waals surface area contributed by atoms with Crippen LogP contribution >= 0.6 is 0 Å². The summed E-state index contributed by atoms with van der Waals surface area (Å²) in [7, 11) is 1.71. The highest BCUT2D eigenvalue weighted by Crippen LogP contribution is 2.30. The first-order chi connectivity index (χ1) is 10.9. The number of ketones is 1. The van der Waals surface area contributed by atoms with Crippen LogP contribution in [0.1, 0.15) is 62.1 Å². The number of aryl methyl sites for hydroxylation is 3. The van der Waals surface area contributed by atoms with Gasteiger partial charge in [-0.05, 0) is 27.2 Å². The Morgan fingerprint density at radius 2 is 2.00 bits per heavy atom. The van der Waals surface area contributed by atoms with Gasteiger partial charge in [0.15, 0.2) is 11.5 Å². The minimum absolute atomic E-state index is 0.0694. The van der Waals surface area contributed by atoms with Gasteiger partial charge in [0, 0.05) is 31.0 Å². The van der Waals surface area contributed by atoms with E-state index in [1.54, 1.807) is 18.9 Å². The highest BCUT2D eigenvalue weighted by molar-refractivity contribution is 6.03. The Hall–Kier alpha value is -2.37. The van der Waals surface area contributed by atoms with Crippen LogP contribution in [0.4, 0.5) is 0 Å². The number of nitrogens with zero attached hydrogens (tertiary/aromatic N) is 2. The highest BCUT2D eigenvalue weighted by Gasteiger charge is 2.30. The van der Waals surface area contributed by atoms with E-state index < -0.39 is 0 Å². The largest absolute Gasteiger partial charge is 0.455 e. The van der Waals surface area contributed by atoms with Crippen LogP contribution < -0.4 is 0 Å². The molecule has 0 bridgehead atoms. The van der Waals surface area contributed by atoms with Gasteiger partial charge in [0.25, 0.3) is 5.91 Å². The predicted octanol–water partition coefficient (Wildman–Crippen LogP) is 2.98. The number of fused-ring (bicyclic) bond motifs is 1. The molecule has 0 aliphatic heterocycles. The fourth-order valence-corrected chi connectivity index (χ4v) is 3.06.